The zero-order chi connectivity index (χ0) is 15.2. The predicted molar refractivity (Wildman–Crippen MR) is 82.8 cm³/mol. The van der Waals surface area contributed by atoms with Crippen LogP contribution in [-0.4, -0.2) is 32.2 Å². The summed E-state index contributed by atoms with van der Waals surface area (Å²) in [5.41, 5.74) is 1.55. The SMILES string of the molecule is O=C(CC1CCCC1)NCCn1ccc(-c2cnccn2)n1. The zero-order valence-electron chi connectivity index (χ0n) is 12.6. The second-order valence-corrected chi connectivity index (χ2v) is 5.76. The minimum atomic E-state index is 0.160. The van der Waals surface area contributed by atoms with E-state index in [1.807, 2.05) is 16.9 Å². The number of carbonyl (C=O) groups is 1. The summed E-state index contributed by atoms with van der Waals surface area (Å²) >= 11 is 0. The molecule has 0 saturated heterocycles. The highest BCUT2D eigenvalue weighted by Gasteiger charge is 2.17. The van der Waals surface area contributed by atoms with E-state index in [1.165, 1.54) is 25.7 Å². The molecule has 1 aliphatic carbocycles. The summed E-state index contributed by atoms with van der Waals surface area (Å²) in [6, 6.07) is 1.91. The Morgan fingerprint density at radius 1 is 1.27 bits per heavy atom. The summed E-state index contributed by atoms with van der Waals surface area (Å²) in [5.74, 6) is 0.751. The molecule has 1 amide bonds. The van der Waals surface area contributed by atoms with E-state index in [0.29, 0.717) is 25.4 Å². The first-order valence-corrected chi connectivity index (χ1v) is 7.88. The third kappa shape index (κ3) is 3.90. The number of nitrogens with zero attached hydrogens (tertiary/aromatic N) is 4. The first-order chi connectivity index (χ1) is 10.8. The fourth-order valence-electron chi connectivity index (χ4n) is 2.91. The standard InChI is InChI=1S/C16H21N5O/c22-16(11-13-3-1-2-4-13)19-8-10-21-9-5-14(20-21)15-12-17-6-7-18-15/h5-7,9,12-13H,1-4,8,10-11H2,(H,19,22). The largest absolute Gasteiger partial charge is 0.354 e. The quantitative estimate of drug-likeness (QED) is 0.886. The van der Waals surface area contributed by atoms with Crippen LogP contribution in [0.5, 0.6) is 0 Å². The summed E-state index contributed by atoms with van der Waals surface area (Å²) < 4.78 is 1.82. The summed E-state index contributed by atoms with van der Waals surface area (Å²) in [5, 5.41) is 7.42. The average molecular weight is 299 g/mol. The van der Waals surface area contributed by atoms with Gasteiger partial charge in [0.25, 0.3) is 0 Å². The number of hydrogen-bond donors (Lipinski definition) is 1. The van der Waals surface area contributed by atoms with Crippen molar-refractivity contribution >= 4 is 5.91 Å². The maximum atomic E-state index is 11.9. The molecule has 0 spiro atoms. The molecule has 2 heterocycles. The molecule has 0 bridgehead atoms. The van der Waals surface area contributed by atoms with Gasteiger partial charge in [-0.25, -0.2) is 0 Å². The molecule has 0 atom stereocenters. The number of rotatable bonds is 6. The Labute approximate surface area is 130 Å². The van der Waals surface area contributed by atoms with Crippen LogP contribution in [0, 0.1) is 5.92 Å². The van der Waals surface area contributed by atoms with Gasteiger partial charge >= 0.3 is 0 Å². The Morgan fingerprint density at radius 3 is 2.91 bits per heavy atom. The maximum absolute atomic E-state index is 11.9. The molecule has 22 heavy (non-hydrogen) atoms. The van der Waals surface area contributed by atoms with Gasteiger partial charge in [0, 0.05) is 31.6 Å². The minimum Gasteiger partial charge on any atom is -0.354 e. The number of hydrogen-bond acceptors (Lipinski definition) is 4. The number of carbonyl (C=O) groups excluding carboxylic acids is 1. The van der Waals surface area contributed by atoms with Gasteiger partial charge in [-0.1, -0.05) is 12.8 Å². The third-order valence-electron chi connectivity index (χ3n) is 4.08. The van der Waals surface area contributed by atoms with Gasteiger partial charge in [-0.15, -0.1) is 0 Å². The molecule has 0 radical (unpaired) electrons. The van der Waals surface area contributed by atoms with Crippen LogP contribution < -0.4 is 5.32 Å². The highest BCUT2D eigenvalue weighted by atomic mass is 16.1. The molecule has 0 aromatic carbocycles. The highest BCUT2D eigenvalue weighted by Crippen LogP contribution is 2.27. The molecule has 6 heteroatoms. The zero-order valence-corrected chi connectivity index (χ0v) is 12.6. The van der Waals surface area contributed by atoms with Gasteiger partial charge in [-0.3, -0.25) is 19.4 Å². The van der Waals surface area contributed by atoms with E-state index < -0.39 is 0 Å². The van der Waals surface area contributed by atoms with Crippen molar-refractivity contribution in [1.82, 2.24) is 25.1 Å². The molecule has 1 N–H and O–H groups in total. The Bertz CT molecular complexity index is 604. The number of amides is 1. The van der Waals surface area contributed by atoms with Crippen LogP contribution in [0.2, 0.25) is 0 Å². The predicted octanol–water partition coefficient (Wildman–Crippen LogP) is 2.04. The fraction of sp³-hybridized carbons (Fsp3) is 0.500. The van der Waals surface area contributed by atoms with Crippen molar-refractivity contribution in [3.05, 3.63) is 30.9 Å². The van der Waals surface area contributed by atoms with Gasteiger partial charge in [0.15, 0.2) is 0 Å². The Hall–Kier alpha value is -2.24. The minimum absolute atomic E-state index is 0.160. The molecule has 2 aromatic heterocycles. The van der Waals surface area contributed by atoms with Crippen molar-refractivity contribution in [2.24, 2.45) is 5.92 Å². The van der Waals surface area contributed by atoms with Crippen LogP contribution in [0.3, 0.4) is 0 Å². The van der Waals surface area contributed by atoms with E-state index in [-0.39, 0.29) is 5.91 Å². The summed E-state index contributed by atoms with van der Waals surface area (Å²) in [6.45, 7) is 1.27. The van der Waals surface area contributed by atoms with E-state index >= 15 is 0 Å². The lowest BCUT2D eigenvalue weighted by molar-refractivity contribution is -0.122. The van der Waals surface area contributed by atoms with Crippen LogP contribution in [0.4, 0.5) is 0 Å². The van der Waals surface area contributed by atoms with Gasteiger partial charge in [0.1, 0.15) is 11.4 Å². The van der Waals surface area contributed by atoms with Crippen molar-refractivity contribution in [2.75, 3.05) is 6.54 Å². The van der Waals surface area contributed by atoms with Crippen LogP contribution in [0.25, 0.3) is 11.4 Å². The number of nitrogens with one attached hydrogen (secondary N) is 1. The molecular weight excluding hydrogens is 278 g/mol. The molecule has 3 rings (SSSR count). The second kappa shape index (κ2) is 7.15. The monoisotopic (exact) mass is 299 g/mol. The topological polar surface area (TPSA) is 72.7 Å². The first-order valence-electron chi connectivity index (χ1n) is 7.88. The van der Waals surface area contributed by atoms with Gasteiger partial charge in [-0.2, -0.15) is 5.10 Å². The maximum Gasteiger partial charge on any atom is 0.220 e. The van der Waals surface area contributed by atoms with Crippen LogP contribution >= 0.6 is 0 Å². The lowest BCUT2D eigenvalue weighted by Crippen LogP contribution is -2.28. The van der Waals surface area contributed by atoms with Crippen LogP contribution in [0.15, 0.2) is 30.9 Å². The normalized spacial score (nSPS) is 15.1. The third-order valence-corrected chi connectivity index (χ3v) is 4.08. The smallest absolute Gasteiger partial charge is 0.220 e. The molecule has 0 aliphatic heterocycles. The molecule has 1 saturated carbocycles. The van der Waals surface area contributed by atoms with Crippen LogP contribution in [-0.2, 0) is 11.3 Å². The van der Waals surface area contributed by atoms with Crippen molar-refractivity contribution in [1.29, 1.82) is 0 Å². The van der Waals surface area contributed by atoms with Crippen molar-refractivity contribution in [3.8, 4) is 11.4 Å². The Morgan fingerprint density at radius 2 is 2.14 bits per heavy atom. The molecule has 1 aliphatic rings. The molecule has 116 valence electrons. The van der Waals surface area contributed by atoms with Crippen LogP contribution in [0.1, 0.15) is 32.1 Å². The Kier molecular flexibility index (Phi) is 4.78. The van der Waals surface area contributed by atoms with Crippen molar-refractivity contribution in [3.63, 3.8) is 0 Å². The fourth-order valence-corrected chi connectivity index (χ4v) is 2.91. The van der Waals surface area contributed by atoms with E-state index in [0.717, 1.165) is 11.4 Å². The number of aromatic nitrogens is 4. The van der Waals surface area contributed by atoms with Gasteiger partial charge in [-0.05, 0) is 24.8 Å². The summed E-state index contributed by atoms with van der Waals surface area (Å²) in [4.78, 5) is 20.1. The molecule has 2 aromatic rings. The summed E-state index contributed by atoms with van der Waals surface area (Å²) in [7, 11) is 0. The highest BCUT2D eigenvalue weighted by molar-refractivity contribution is 5.76. The van der Waals surface area contributed by atoms with Gasteiger partial charge in [0.2, 0.25) is 5.91 Å². The van der Waals surface area contributed by atoms with Crippen molar-refractivity contribution < 1.29 is 4.79 Å². The van der Waals surface area contributed by atoms with Crippen molar-refractivity contribution in [2.45, 2.75) is 38.6 Å². The van der Waals surface area contributed by atoms with E-state index in [2.05, 4.69) is 20.4 Å². The lowest BCUT2D eigenvalue weighted by atomic mass is 10.0. The van der Waals surface area contributed by atoms with Gasteiger partial charge < -0.3 is 5.32 Å². The Balaban J connectivity index is 1.44. The van der Waals surface area contributed by atoms with E-state index in [4.69, 9.17) is 0 Å². The first kappa shape index (κ1) is 14.7. The van der Waals surface area contributed by atoms with E-state index in [9.17, 15) is 4.79 Å². The summed E-state index contributed by atoms with van der Waals surface area (Å²) in [6.07, 6.45) is 12.5. The average Bonchev–Trinajstić information content (AvgIpc) is 3.20. The van der Waals surface area contributed by atoms with E-state index in [1.54, 1.807) is 18.6 Å². The molecule has 0 unspecified atom stereocenters. The lowest BCUT2D eigenvalue weighted by Gasteiger charge is -2.09. The molecule has 6 nitrogen and oxygen atoms in total. The second-order valence-electron chi connectivity index (χ2n) is 5.76. The molecular formula is C16H21N5O. The van der Waals surface area contributed by atoms with Gasteiger partial charge in [0.05, 0.1) is 12.7 Å². The molecule has 1 fully saturated rings.